The maximum absolute atomic E-state index is 12.9. The standard InChI is InChI=1S/C22H29N3O3S/c1-18-2-4-22(5-3-18)29(26,27)25-16-8-19(9-17-25)24-14-10-21(11-15-24)28-20-6-12-23-13-7-20/h2-7,12-13,19,21H,8-11,14-17H2,1H3. The summed E-state index contributed by atoms with van der Waals surface area (Å²) in [4.78, 5) is 6.94. The monoisotopic (exact) mass is 415 g/mol. The number of nitrogens with zero attached hydrogens (tertiary/aromatic N) is 3. The van der Waals surface area contributed by atoms with Gasteiger partial charge in [0, 0.05) is 44.6 Å². The molecule has 0 bridgehead atoms. The molecule has 2 aliphatic rings. The second-order valence-electron chi connectivity index (χ2n) is 7.98. The topological polar surface area (TPSA) is 62.7 Å². The van der Waals surface area contributed by atoms with Gasteiger partial charge < -0.3 is 9.64 Å². The van der Waals surface area contributed by atoms with Crippen molar-refractivity contribution in [2.24, 2.45) is 0 Å². The largest absolute Gasteiger partial charge is 0.490 e. The van der Waals surface area contributed by atoms with Crippen LogP contribution in [0.15, 0.2) is 53.7 Å². The molecule has 29 heavy (non-hydrogen) atoms. The van der Waals surface area contributed by atoms with E-state index >= 15 is 0 Å². The molecule has 0 saturated carbocycles. The summed E-state index contributed by atoms with van der Waals surface area (Å²) in [7, 11) is -3.39. The van der Waals surface area contributed by atoms with Gasteiger partial charge in [0.15, 0.2) is 0 Å². The Kier molecular flexibility index (Phi) is 6.18. The van der Waals surface area contributed by atoms with Gasteiger partial charge in [0.2, 0.25) is 10.0 Å². The summed E-state index contributed by atoms with van der Waals surface area (Å²) in [5.41, 5.74) is 1.07. The van der Waals surface area contributed by atoms with Crippen LogP contribution in [-0.2, 0) is 10.0 Å². The van der Waals surface area contributed by atoms with E-state index in [9.17, 15) is 8.42 Å². The molecule has 2 fully saturated rings. The zero-order valence-electron chi connectivity index (χ0n) is 16.9. The van der Waals surface area contributed by atoms with Gasteiger partial charge in [-0.15, -0.1) is 0 Å². The number of ether oxygens (including phenoxy) is 1. The Morgan fingerprint density at radius 3 is 2.14 bits per heavy atom. The van der Waals surface area contributed by atoms with E-state index in [-0.39, 0.29) is 6.10 Å². The number of pyridine rings is 1. The van der Waals surface area contributed by atoms with Crippen LogP contribution in [0.3, 0.4) is 0 Å². The maximum Gasteiger partial charge on any atom is 0.243 e. The highest BCUT2D eigenvalue weighted by Gasteiger charge is 2.33. The first-order chi connectivity index (χ1) is 14.0. The SMILES string of the molecule is Cc1ccc(S(=O)(=O)N2CCC(N3CCC(Oc4ccncc4)CC3)CC2)cc1. The molecule has 3 heterocycles. The van der Waals surface area contributed by atoms with Crippen molar-refractivity contribution in [3.05, 3.63) is 54.4 Å². The van der Waals surface area contributed by atoms with Gasteiger partial charge in [-0.25, -0.2) is 8.42 Å². The van der Waals surface area contributed by atoms with Crippen LogP contribution in [0, 0.1) is 6.92 Å². The summed E-state index contributed by atoms with van der Waals surface area (Å²) in [6, 6.07) is 11.4. The Labute approximate surface area is 173 Å². The molecule has 1 aromatic carbocycles. The van der Waals surface area contributed by atoms with Crippen LogP contribution in [-0.4, -0.2) is 60.9 Å². The fraction of sp³-hybridized carbons (Fsp3) is 0.500. The molecule has 0 aliphatic carbocycles. The van der Waals surface area contributed by atoms with Crippen molar-refractivity contribution in [3.8, 4) is 5.75 Å². The lowest BCUT2D eigenvalue weighted by atomic mass is 10.00. The first-order valence-electron chi connectivity index (χ1n) is 10.4. The third-order valence-corrected chi connectivity index (χ3v) is 7.94. The number of likely N-dealkylation sites (tertiary alicyclic amines) is 1. The van der Waals surface area contributed by atoms with Gasteiger partial charge in [-0.3, -0.25) is 4.98 Å². The molecule has 0 unspecified atom stereocenters. The van der Waals surface area contributed by atoms with Gasteiger partial charge in [0.05, 0.1) is 4.90 Å². The van der Waals surface area contributed by atoms with Crippen molar-refractivity contribution >= 4 is 10.0 Å². The minimum Gasteiger partial charge on any atom is -0.490 e. The van der Waals surface area contributed by atoms with Crippen LogP contribution in [0.1, 0.15) is 31.2 Å². The fourth-order valence-corrected chi connectivity index (χ4v) is 5.74. The van der Waals surface area contributed by atoms with Gasteiger partial charge in [-0.2, -0.15) is 4.31 Å². The molecule has 2 aromatic rings. The molecule has 6 nitrogen and oxygen atoms in total. The average molecular weight is 416 g/mol. The Hall–Kier alpha value is -1.96. The Balaban J connectivity index is 1.27. The van der Waals surface area contributed by atoms with Crippen LogP contribution in [0.2, 0.25) is 0 Å². The molecular weight excluding hydrogens is 386 g/mol. The van der Waals surface area contributed by atoms with Crippen molar-refractivity contribution in [1.29, 1.82) is 0 Å². The summed E-state index contributed by atoms with van der Waals surface area (Å²) < 4.78 is 33.5. The second kappa shape index (κ2) is 8.81. The van der Waals surface area contributed by atoms with Crippen molar-refractivity contribution < 1.29 is 13.2 Å². The van der Waals surface area contributed by atoms with Crippen LogP contribution in [0.4, 0.5) is 0 Å². The summed E-state index contributed by atoms with van der Waals surface area (Å²) in [5, 5.41) is 0. The molecule has 4 rings (SSSR count). The molecule has 2 saturated heterocycles. The average Bonchev–Trinajstić information content (AvgIpc) is 2.75. The highest BCUT2D eigenvalue weighted by Crippen LogP contribution is 2.26. The molecule has 0 atom stereocenters. The molecule has 0 radical (unpaired) electrons. The number of piperidine rings is 2. The van der Waals surface area contributed by atoms with E-state index < -0.39 is 10.0 Å². The first kappa shape index (κ1) is 20.3. The quantitative estimate of drug-likeness (QED) is 0.751. The lowest BCUT2D eigenvalue weighted by Gasteiger charge is -2.41. The van der Waals surface area contributed by atoms with Crippen LogP contribution in [0.25, 0.3) is 0 Å². The van der Waals surface area contributed by atoms with E-state index in [1.165, 1.54) is 0 Å². The lowest BCUT2D eigenvalue weighted by Crippen LogP contribution is -2.50. The number of hydrogen-bond donors (Lipinski definition) is 0. The minimum atomic E-state index is -3.39. The number of rotatable bonds is 5. The highest BCUT2D eigenvalue weighted by atomic mass is 32.2. The van der Waals surface area contributed by atoms with E-state index in [1.54, 1.807) is 28.8 Å². The van der Waals surface area contributed by atoms with Gasteiger partial charge in [-0.1, -0.05) is 17.7 Å². The van der Waals surface area contributed by atoms with E-state index in [0.717, 1.165) is 50.1 Å². The van der Waals surface area contributed by atoms with Crippen LogP contribution in [0.5, 0.6) is 5.75 Å². The lowest BCUT2D eigenvalue weighted by molar-refractivity contribution is 0.0585. The normalized spacial score (nSPS) is 20.6. The second-order valence-corrected chi connectivity index (χ2v) is 9.92. The Morgan fingerprint density at radius 1 is 0.897 bits per heavy atom. The van der Waals surface area contributed by atoms with E-state index in [2.05, 4.69) is 9.88 Å². The summed E-state index contributed by atoms with van der Waals surface area (Å²) in [5.74, 6) is 0.882. The number of hydrogen-bond acceptors (Lipinski definition) is 5. The maximum atomic E-state index is 12.9. The number of aromatic nitrogens is 1. The molecule has 7 heteroatoms. The number of sulfonamides is 1. The van der Waals surface area contributed by atoms with Crippen LogP contribution < -0.4 is 4.74 Å². The van der Waals surface area contributed by atoms with Gasteiger partial charge in [-0.05, 0) is 56.9 Å². The summed E-state index contributed by atoms with van der Waals surface area (Å²) in [6.45, 7) is 5.16. The molecule has 0 spiro atoms. The van der Waals surface area contributed by atoms with E-state index in [1.807, 2.05) is 31.2 Å². The van der Waals surface area contributed by atoms with E-state index in [4.69, 9.17) is 4.74 Å². The molecule has 0 N–H and O–H groups in total. The number of benzene rings is 1. The predicted molar refractivity (Wildman–Crippen MR) is 112 cm³/mol. The van der Waals surface area contributed by atoms with Gasteiger partial charge in [0.25, 0.3) is 0 Å². The Morgan fingerprint density at radius 2 is 1.52 bits per heavy atom. The van der Waals surface area contributed by atoms with Gasteiger partial charge >= 0.3 is 0 Å². The van der Waals surface area contributed by atoms with Crippen molar-refractivity contribution in [2.45, 2.75) is 49.6 Å². The predicted octanol–water partition coefficient (Wildman–Crippen LogP) is 3.09. The molecular formula is C22H29N3O3S. The van der Waals surface area contributed by atoms with E-state index in [0.29, 0.717) is 24.0 Å². The summed E-state index contributed by atoms with van der Waals surface area (Å²) in [6.07, 6.45) is 7.54. The first-order valence-corrected chi connectivity index (χ1v) is 11.8. The van der Waals surface area contributed by atoms with Crippen molar-refractivity contribution in [2.75, 3.05) is 26.2 Å². The molecule has 2 aliphatic heterocycles. The smallest absolute Gasteiger partial charge is 0.243 e. The Bertz CT molecular complexity index is 887. The molecule has 0 amide bonds. The van der Waals surface area contributed by atoms with Crippen molar-refractivity contribution in [3.63, 3.8) is 0 Å². The fourth-order valence-electron chi connectivity index (χ4n) is 4.28. The molecule has 156 valence electrons. The zero-order valence-corrected chi connectivity index (χ0v) is 17.7. The third-order valence-electron chi connectivity index (χ3n) is 6.03. The highest BCUT2D eigenvalue weighted by molar-refractivity contribution is 7.89. The summed E-state index contributed by atoms with van der Waals surface area (Å²) >= 11 is 0. The van der Waals surface area contributed by atoms with Crippen LogP contribution >= 0.6 is 0 Å². The van der Waals surface area contributed by atoms with Gasteiger partial charge in [0.1, 0.15) is 11.9 Å². The zero-order chi connectivity index (χ0) is 20.3. The molecule has 1 aromatic heterocycles. The van der Waals surface area contributed by atoms with Crippen molar-refractivity contribution in [1.82, 2.24) is 14.2 Å². The minimum absolute atomic E-state index is 0.246. The number of aryl methyl sites for hydroxylation is 1. The third kappa shape index (κ3) is 4.79.